The zero-order valence-electron chi connectivity index (χ0n) is 4.82. The molecule has 44 valence electrons. The molecule has 0 aliphatic heterocycles. The normalized spacial score (nSPS) is 18.9. The van der Waals surface area contributed by atoms with E-state index >= 15 is 0 Å². The first-order valence-electron chi connectivity index (χ1n) is 2.58. The van der Waals surface area contributed by atoms with E-state index in [1.807, 2.05) is 6.92 Å². The van der Waals surface area contributed by atoms with E-state index in [0.29, 0.717) is 0 Å². The van der Waals surface area contributed by atoms with Gasteiger partial charge in [-0.05, 0) is 13.3 Å². The van der Waals surface area contributed by atoms with Gasteiger partial charge in [-0.2, -0.15) is 0 Å². The van der Waals surface area contributed by atoms with Crippen LogP contribution in [0.25, 0.3) is 0 Å². The van der Waals surface area contributed by atoms with E-state index in [1.54, 1.807) is 0 Å². The van der Waals surface area contributed by atoms with Gasteiger partial charge in [-0.1, -0.05) is 6.92 Å². The topological polar surface area (TPSA) is 26.0 Å². The first-order chi connectivity index (χ1) is 3.18. The third-order valence-electron chi connectivity index (χ3n) is 1.06. The molecule has 1 nitrogen and oxygen atoms in total. The fraction of sp³-hybridized carbons (Fsp3) is 1.00. The van der Waals surface area contributed by atoms with Gasteiger partial charge >= 0.3 is 0 Å². The molecule has 2 N–H and O–H groups in total. The van der Waals surface area contributed by atoms with E-state index in [2.05, 4.69) is 0 Å². The first-order valence-corrected chi connectivity index (χ1v) is 2.58. The summed E-state index contributed by atoms with van der Waals surface area (Å²) in [5.41, 5.74) is 5.24. The summed E-state index contributed by atoms with van der Waals surface area (Å²) in [6.07, 6.45) is -0.137. The number of hydrogen-bond acceptors (Lipinski definition) is 1. The van der Waals surface area contributed by atoms with Crippen molar-refractivity contribution in [3.63, 3.8) is 0 Å². The molecule has 0 aromatic carbocycles. The summed E-state index contributed by atoms with van der Waals surface area (Å²) >= 11 is 0. The molecule has 0 radical (unpaired) electrons. The molecule has 0 heterocycles. The summed E-state index contributed by atoms with van der Waals surface area (Å²) in [7, 11) is 0. The van der Waals surface area contributed by atoms with Crippen molar-refractivity contribution in [2.75, 3.05) is 0 Å². The third kappa shape index (κ3) is 2.57. The Morgan fingerprint density at radius 2 is 2.14 bits per heavy atom. The van der Waals surface area contributed by atoms with Crippen LogP contribution in [0.2, 0.25) is 0 Å². The molecule has 7 heavy (non-hydrogen) atoms. The predicted molar refractivity (Wildman–Crippen MR) is 28.8 cm³/mol. The summed E-state index contributed by atoms with van der Waals surface area (Å²) in [5, 5.41) is 0. The van der Waals surface area contributed by atoms with Crippen molar-refractivity contribution in [2.24, 2.45) is 5.73 Å². The molecular formula is C5H12FN. The molecule has 0 saturated carbocycles. The lowest BCUT2D eigenvalue weighted by Gasteiger charge is -2.07. The third-order valence-corrected chi connectivity index (χ3v) is 1.06. The largest absolute Gasteiger partial charge is 0.325 e. The summed E-state index contributed by atoms with van der Waals surface area (Å²) in [4.78, 5) is 0. The average molecular weight is 105 g/mol. The van der Waals surface area contributed by atoms with E-state index in [4.69, 9.17) is 5.73 Å². The van der Waals surface area contributed by atoms with Gasteiger partial charge in [0.2, 0.25) is 0 Å². The molecular weight excluding hydrogens is 93.1 g/mol. The van der Waals surface area contributed by atoms with Crippen LogP contribution >= 0.6 is 0 Å². The highest BCUT2D eigenvalue weighted by molar-refractivity contribution is 4.63. The van der Waals surface area contributed by atoms with Crippen molar-refractivity contribution in [1.29, 1.82) is 0 Å². The van der Waals surface area contributed by atoms with Crippen molar-refractivity contribution in [2.45, 2.75) is 32.5 Å². The molecule has 0 fully saturated rings. The van der Waals surface area contributed by atoms with Gasteiger partial charge in [0.15, 0.2) is 0 Å². The highest BCUT2D eigenvalue weighted by atomic mass is 19.1. The molecule has 0 aliphatic carbocycles. The fourth-order valence-corrected chi connectivity index (χ4v) is 0.325. The standard InChI is InChI=1S/C5H12FN/c1-3-5(7)4(2)6/h4-5H,3,7H2,1-2H3/t4-,5-/m1/s1. The van der Waals surface area contributed by atoms with E-state index < -0.39 is 6.17 Å². The van der Waals surface area contributed by atoms with Crippen molar-refractivity contribution in [3.05, 3.63) is 0 Å². The van der Waals surface area contributed by atoms with Gasteiger partial charge in [0.05, 0.1) is 0 Å². The van der Waals surface area contributed by atoms with Crippen molar-refractivity contribution >= 4 is 0 Å². The van der Waals surface area contributed by atoms with Gasteiger partial charge in [0.25, 0.3) is 0 Å². The molecule has 0 unspecified atom stereocenters. The Bertz CT molecular complexity index is 45.3. The minimum Gasteiger partial charge on any atom is -0.325 e. The van der Waals surface area contributed by atoms with Gasteiger partial charge in [-0.25, -0.2) is 4.39 Å². The predicted octanol–water partition coefficient (Wildman–Crippen LogP) is 1.08. The molecule has 0 rings (SSSR count). The maximum Gasteiger partial charge on any atom is 0.112 e. The van der Waals surface area contributed by atoms with Crippen LogP contribution in [0, 0.1) is 0 Å². The van der Waals surface area contributed by atoms with Crippen molar-refractivity contribution < 1.29 is 4.39 Å². The molecule has 0 aromatic heterocycles. The fourth-order valence-electron chi connectivity index (χ4n) is 0.325. The van der Waals surface area contributed by atoms with E-state index in [-0.39, 0.29) is 6.04 Å². The van der Waals surface area contributed by atoms with Crippen molar-refractivity contribution in [3.8, 4) is 0 Å². The SMILES string of the molecule is CC[C@@H](N)[C@@H](C)F. The molecule has 2 heteroatoms. The van der Waals surface area contributed by atoms with Crippen LogP contribution in [0.3, 0.4) is 0 Å². The van der Waals surface area contributed by atoms with Gasteiger partial charge in [-0.3, -0.25) is 0 Å². The summed E-state index contributed by atoms with van der Waals surface area (Å²) in [6.45, 7) is 3.36. The number of hydrogen-bond donors (Lipinski definition) is 1. The monoisotopic (exact) mass is 105 g/mol. The lowest BCUT2D eigenvalue weighted by molar-refractivity contribution is 0.300. The Labute approximate surface area is 43.7 Å². The van der Waals surface area contributed by atoms with Gasteiger partial charge in [0.1, 0.15) is 6.17 Å². The lowest BCUT2D eigenvalue weighted by atomic mass is 10.2. The van der Waals surface area contributed by atoms with Gasteiger partial charge in [0, 0.05) is 6.04 Å². The van der Waals surface area contributed by atoms with Crippen LogP contribution < -0.4 is 5.73 Å². The maximum atomic E-state index is 12.0. The number of nitrogens with two attached hydrogens (primary N) is 1. The maximum absolute atomic E-state index is 12.0. The van der Waals surface area contributed by atoms with Crippen LogP contribution in [0.1, 0.15) is 20.3 Å². The molecule has 0 saturated heterocycles. The Morgan fingerprint density at radius 3 is 2.14 bits per heavy atom. The summed E-state index contributed by atoms with van der Waals surface area (Å²) in [5.74, 6) is 0. The molecule has 0 bridgehead atoms. The zero-order chi connectivity index (χ0) is 5.86. The summed E-state index contributed by atoms with van der Waals surface area (Å²) < 4.78 is 12.0. The summed E-state index contributed by atoms with van der Waals surface area (Å²) in [6, 6.07) is -0.264. The Balaban J connectivity index is 3.14. The highest BCUT2D eigenvalue weighted by Crippen LogP contribution is 1.96. The van der Waals surface area contributed by atoms with Crippen LogP contribution in [0.4, 0.5) is 4.39 Å². The second-order valence-corrected chi connectivity index (χ2v) is 1.75. The second kappa shape index (κ2) is 2.97. The van der Waals surface area contributed by atoms with Crippen LogP contribution in [-0.2, 0) is 0 Å². The number of halogens is 1. The lowest BCUT2D eigenvalue weighted by Crippen LogP contribution is -2.28. The molecule has 0 spiro atoms. The van der Waals surface area contributed by atoms with Crippen LogP contribution in [0.15, 0.2) is 0 Å². The Hall–Kier alpha value is -0.110. The van der Waals surface area contributed by atoms with Gasteiger partial charge in [-0.15, -0.1) is 0 Å². The van der Waals surface area contributed by atoms with Crippen molar-refractivity contribution in [1.82, 2.24) is 0 Å². The quantitative estimate of drug-likeness (QED) is 0.558. The second-order valence-electron chi connectivity index (χ2n) is 1.75. The number of rotatable bonds is 2. The van der Waals surface area contributed by atoms with E-state index in [1.165, 1.54) is 6.92 Å². The van der Waals surface area contributed by atoms with Gasteiger partial charge < -0.3 is 5.73 Å². The Kier molecular flexibility index (Phi) is 2.92. The minimum atomic E-state index is -0.856. The molecule has 2 atom stereocenters. The van der Waals surface area contributed by atoms with E-state index in [9.17, 15) is 4.39 Å². The first kappa shape index (κ1) is 6.89. The van der Waals surface area contributed by atoms with E-state index in [0.717, 1.165) is 6.42 Å². The molecule has 0 amide bonds. The van der Waals surface area contributed by atoms with Crippen LogP contribution in [-0.4, -0.2) is 12.2 Å². The number of alkyl halides is 1. The Morgan fingerprint density at radius 1 is 1.71 bits per heavy atom. The smallest absolute Gasteiger partial charge is 0.112 e. The average Bonchev–Trinajstić information content (AvgIpc) is 1.65. The minimum absolute atomic E-state index is 0.264. The molecule has 0 aliphatic rings. The zero-order valence-corrected chi connectivity index (χ0v) is 4.82. The molecule has 0 aromatic rings. The highest BCUT2D eigenvalue weighted by Gasteiger charge is 2.05. The van der Waals surface area contributed by atoms with Crippen LogP contribution in [0.5, 0.6) is 0 Å².